The number of carbonyl (C=O) groups excluding carboxylic acids is 2. The fourth-order valence-electron chi connectivity index (χ4n) is 7.01. The van der Waals surface area contributed by atoms with E-state index < -0.39 is 53.9 Å². The van der Waals surface area contributed by atoms with Crippen LogP contribution in [0.5, 0.6) is 0 Å². The van der Waals surface area contributed by atoms with Crippen molar-refractivity contribution in [2.45, 2.75) is 30.6 Å². The van der Waals surface area contributed by atoms with Crippen molar-refractivity contribution in [2.75, 3.05) is 13.7 Å². The van der Waals surface area contributed by atoms with Gasteiger partial charge in [0.25, 0.3) is 17.5 Å². The first kappa shape index (κ1) is 22.6. The number of para-hydroxylation sites is 1. The first-order valence-corrected chi connectivity index (χ1v) is 12.4. The summed E-state index contributed by atoms with van der Waals surface area (Å²) in [6.07, 6.45) is -3.72. The molecule has 2 aromatic heterocycles. The van der Waals surface area contributed by atoms with E-state index in [9.17, 15) is 29.9 Å². The number of benzene rings is 3. The number of nitrogens with zero attached hydrogens (tertiary/aromatic N) is 3. The Bertz CT molecular complexity index is 1970. The Morgan fingerprint density at radius 3 is 2.38 bits per heavy atom. The highest BCUT2D eigenvalue weighted by atomic mass is 16.6. The minimum Gasteiger partial charge on any atom is -0.394 e. The van der Waals surface area contributed by atoms with Crippen molar-refractivity contribution in [2.24, 2.45) is 0 Å². The topological polar surface area (TPSA) is 158 Å². The lowest BCUT2D eigenvalue weighted by molar-refractivity contribution is -0.384. The third kappa shape index (κ3) is 2.52. The van der Waals surface area contributed by atoms with Gasteiger partial charge in [-0.2, -0.15) is 0 Å². The van der Waals surface area contributed by atoms with Gasteiger partial charge in [0.05, 0.1) is 39.2 Å². The molecule has 5 heterocycles. The molecule has 1 saturated heterocycles. The van der Waals surface area contributed by atoms with Crippen molar-refractivity contribution >= 4 is 61.1 Å². The fraction of sp³-hybridized carbons (Fsp3) is 0.259. The molecule has 0 unspecified atom stereocenters. The van der Waals surface area contributed by atoms with E-state index in [1.807, 2.05) is 33.4 Å². The highest BCUT2D eigenvalue weighted by Crippen LogP contribution is 2.54. The van der Waals surface area contributed by atoms with Crippen LogP contribution in [0.15, 0.2) is 42.5 Å². The number of nitro groups is 1. The minimum atomic E-state index is -1.13. The third-order valence-electron chi connectivity index (χ3n) is 8.43. The number of aliphatic hydroxyl groups excluding tert-OH is 2. The number of ether oxygens (including phenoxy) is 2. The molecule has 12 nitrogen and oxygen atoms in total. The maximum absolute atomic E-state index is 13.3. The molecule has 196 valence electrons. The molecule has 2 amide bonds. The lowest BCUT2D eigenvalue weighted by atomic mass is 9.93. The summed E-state index contributed by atoms with van der Waals surface area (Å²) < 4.78 is 15.8. The van der Waals surface area contributed by atoms with E-state index in [1.54, 1.807) is 6.07 Å². The zero-order valence-corrected chi connectivity index (χ0v) is 20.3. The van der Waals surface area contributed by atoms with E-state index in [1.165, 1.54) is 19.2 Å². The number of hydrogen-bond donors (Lipinski definition) is 3. The summed E-state index contributed by atoms with van der Waals surface area (Å²) in [7, 11) is 1.44. The summed E-state index contributed by atoms with van der Waals surface area (Å²) in [5, 5.41) is 38.1. The Morgan fingerprint density at radius 2 is 1.69 bits per heavy atom. The Hall–Kier alpha value is -4.36. The van der Waals surface area contributed by atoms with Gasteiger partial charge in [0.2, 0.25) is 0 Å². The van der Waals surface area contributed by atoms with Crippen LogP contribution in [-0.4, -0.2) is 68.1 Å². The quantitative estimate of drug-likeness (QED) is 0.183. The number of carbonyl (C=O) groups is 2. The molecule has 0 aliphatic carbocycles. The first-order chi connectivity index (χ1) is 18.9. The monoisotopic (exact) mass is 528 g/mol. The van der Waals surface area contributed by atoms with Crippen LogP contribution in [0.2, 0.25) is 0 Å². The van der Waals surface area contributed by atoms with E-state index in [2.05, 4.69) is 5.32 Å². The Kier molecular flexibility index (Phi) is 4.28. The maximum Gasteiger partial charge on any atom is 0.270 e. The number of fused-ring (bicyclic) bond motifs is 12. The molecule has 39 heavy (non-hydrogen) atoms. The summed E-state index contributed by atoms with van der Waals surface area (Å²) in [6.45, 7) is -0.414. The molecule has 3 aliphatic heterocycles. The number of non-ortho nitro benzene ring substituents is 1. The molecular weight excluding hydrogens is 508 g/mol. The van der Waals surface area contributed by atoms with Crippen molar-refractivity contribution in [3.8, 4) is 0 Å². The molecule has 3 aliphatic rings. The molecule has 3 aromatic carbocycles. The molecule has 0 radical (unpaired) electrons. The minimum absolute atomic E-state index is 0.151. The van der Waals surface area contributed by atoms with Crippen LogP contribution in [-0.2, 0) is 9.47 Å². The third-order valence-corrected chi connectivity index (χ3v) is 8.43. The summed E-state index contributed by atoms with van der Waals surface area (Å²) >= 11 is 0. The molecule has 5 aromatic rings. The maximum atomic E-state index is 13.3. The average Bonchev–Trinajstić information content (AvgIpc) is 3.55. The molecule has 8 rings (SSSR count). The molecular formula is C27H20N4O8. The second kappa shape index (κ2) is 7.39. The molecule has 0 bridgehead atoms. The zero-order chi connectivity index (χ0) is 26.9. The first-order valence-electron chi connectivity index (χ1n) is 12.4. The smallest absolute Gasteiger partial charge is 0.270 e. The normalized spacial score (nSPS) is 25.7. The molecule has 5 atom stereocenters. The number of imide groups is 1. The largest absolute Gasteiger partial charge is 0.394 e. The Labute approximate surface area is 218 Å². The fourth-order valence-corrected chi connectivity index (χ4v) is 7.01. The van der Waals surface area contributed by atoms with Gasteiger partial charge in [-0.15, -0.1) is 0 Å². The number of nitro benzene ring substituents is 1. The van der Waals surface area contributed by atoms with Gasteiger partial charge in [-0.25, -0.2) is 0 Å². The molecule has 1 fully saturated rings. The van der Waals surface area contributed by atoms with Crippen molar-refractivity contribution in [3.63, 3.8) is 0 Å². The van der Waals surface area contributed by atoms with Crippen LogP contribution in [0.1, 0.15) is 33.0 Å². The van der Waals surface area contributed by atoms with Crippen molar-refractivity contribution in [3.05, 3.63) is 63.7 Å². The summed E-state index contributed by atoms with van der Waals surface area (Å²) in [4.78, 5) is 37.8. The summed E-state index contributed by atoms with van der Waals surface area (Å²) in [6, 6.07) is 11.0. The van der Waals surface area contributed by atoms with Crippen LogP contribution < -0.4 is 5.32 Å². The van der Waals surface area contributed by atoms with Gasteiger partial charge in [0.1, 0.15) is 24.4 Å². The van der Waals surface area contributed by atoms with E-state index in [0.29, 0.717) is 43.6 Å². The highest BCUT2D eigenvalue weighted by Gasteiger charge is 2.51. The van der Waals surface area contributed by atoms with Crippen LogP contribution >= 0.6 is 0 Å². The second-order valence-electron chi connectivity index (χ2n) is 10.1. The lowest BCUT2D eigenvalue weighted by Crippen LogP contribution is -2.55. The number of aliphatic hydroxyl groups is 2. The van der Waals surface area contributed by atoms with Gasteiger partial charge >= 0.3 is 0 Å². The number of methoxy groups -OCH3 is 1. The lowest BCUT2D eigenvalue weighted by Gasteiger charge is -2.47. The van der Waals surface area contributed by atoms with Crippen LogP contribution in [0.25, 0.3) is 43.6 Å². The Morgan fingerprint density at radius 1 is 1.03 bits per heavy atom. The summed E-state index contributed by atoms with van der Waals surface area (Å²) in [5.74, 6) is -1.14. The molecule has 12 heteroatoms. The SMILES string of the molecule is CO[C@H]1[C@H](O)[C@H]2[C@@H](O[C@@H]1CO)n1c3ccc([N+](=O)[O-])cc3c3c4c(c5c6ccccc6n2c5c31)C(=O)NC4=O. The van der Waals surface area contributed by atoms with Gasteiger partial charge in [-0.1, -0.05) is 18.2 Å². The predicted molar refractivity (Wildman–Crippen MR) is 138 cm³/mol. The van der Waals surface area contributed by atoms with E-state index in [-0.39, 0.29) is 16.8 Å². The van der Waals surface area contributed by atoms with Crippen molar-refractivity contribution in [1.29, 1.82) is 0 Å². The average molecular weight is 528 g/mol. The van der Waals surface area contributed by atoms with E-state index in [4.69, 9.17) is 9.47 Å². The molecule has 0 spiro atoms. The van der Waals surface area contributed by atoms with Gasteiger partial charge in [0, 0.05) is 46.3 Å². The zero-order valence-electron chi connectivity index (χ0n) is 20.3. The standard InChI is InChI=1S/C27H20N4O8/c1-38-24-15(9-32)39-27-22(23(24)33)29-13-5-3-2-4-11(13)16-18-19(26(35)28-25(18)34)17-12-8-10(31(36)37)6-7-14(12)30(27)21(17)20(16)29/h2-8,15,22-24,27,32-33H,9H2,1H3,(H,28,34,35)/t15-,22+,23-,24-,27-/m1/s1. The van der Waals surface area contributed by atoms with Crippen molar-refractivity contribution < 1.29 is 34.2 Å². The van der Waals surface area contributed by atoms with E-state index in [0.717, 1.165) is 0 Å². The van der Waals surface area contributed by atoms with Gasteiger partial charge in [0.15, 0.2) is 6.23 Å². The van der Waals surface area contributed by atoms with Gasteiger partial charge < -0.3 is 28.8 Å². The molecule has 3 N–H and O–H groups in total. The summed E-state index contributed by atoms with van der Waals surface area (Å²) in [5.41, 5.74) is 2.59. The number of aromatic nitrogens is 2. The number of rotatable bonds is 3. The number of nitrogens with one attached hydrogen (secondary N) is 1. The van der Waals surface area contributed by atoms with Crippen LogP contribution in [0.3, 0.4) is 0 Å². The van der Waals surface area contributed by atoms with Crippen LogP contribution in [0, 0.1) is 10.1 Å². The second-order valence-corrected chi connectivity index (χ2v) is 10.1. The predicted octanol–water partition coefficient (Wildman–Crippen LogP) is 2.51. The Balaban J connectivity index is 1.66. The van der Waals surface area contributed by atoms with Crippen molar-refractivity contribution in [1.82, 2.24) is 14.5 Å². The highest BCUT2D eigenvalue weighted by molar-refractivity contribution is 6.39. The number of hydrogen-bond acceptors (Lipinski definition) is 8. The van der Waals surface area contributed by atoms with Crippen LogP contribution in [0.4, 0.5) is 5.69 Å². The van der Waals surface area contributed by atoms with Gasteiger partial charge in [-0.3, -0.25) is 25.0 Å². The number of amides is 2. The van der Waals surface area contributed by atoms with E-state index >= 15 is 0 Å². The molecule has 0 saturated carbocycles. The van der Waals surface area contributed by atoms with Gasteiger partial charge in [-0.05, 0) is 12.1 Å².